The Bertz CT molecular complexity index is 337. The minimum Gasteiger partial charge on any atom is -0.481 e. The maximum Gasteiger partial charge on any atom is 0.303 e. The Morgan fingerprint density at radius 3 is 2.71 bits per heavy atom. The number of aryl methyl sites for hydroxylation is 1. The average molecular weight is 322 g/mol. The molecule has 0 heterocycles. The molecule has 0 unspecified atom stereocenters. The highest BCUT2D eigenvalue weighted by Gasteiger charge is 2.02. The smallest absolute Gasteiger partial charge is 0.303 e. The number of rotatable bonds is 4. The molecule has 0 atom stereocenters. The predicted octanol–water partition coefficient (Wildman–Crippen LogP) is 3.62. The first-order chi connectivity index (χ1) is 6.59. The highest BCUT2D eigenvalue weighted by molar-refractivity contribution is 9.11. The molecular formula is C10H10Br2O2. The molecular weight excluding hydrogens is 312 g/mol. The van der Waals surface area contributed by atoms with E-state index in [2.05, 4.69) is 31.9 Å². The molecule has 0 radical (unpaired) electrons. The molecule has 0 spiro atoms. The van der Waals surface area contributed by atoms with Crippen LogP contribution in [0.5, 0.6) is 0 Å². The Balaban J connectivity index is 2.57. The monoisotopic (exact) mass is 320 g/mol. The maximum absolute atomic E-state index is 10.3. The topological polar surface area (TPSA) is 37.3 Å². The zero-order chi connectivity index (χ0) is 10.6. The number of carboxylic acid groups (broad SMARTS) is 1. The maximum atomic E-state index is 10.3. The van der Waals surface area contributed by atoms with Crippen molar-refractivity contribution in [1.29, 1.82) is 0 Å². The summed E-state index contributed by atoms with van der Waals surface area (Å²) in [7, 11) is 0. The van der Waals surface area contributed by atoms with Crippen molar-refractivity contribution in [2.24, 2.45) is 0 Å². The summed E-state index contributed by atoms with van der Waals surface area (Å²) in [6, 6.07) is 5.91. The molecule has 1 aromatic rings. The fourth-order valence-corrected chi connectivity index (χ4v) is 2.02. The van der Waals surface area contributed by atoms with Gasteiger partial charge < -0.3 is 5.11 Å². The van der Waals surface area contributed by atoms with E-state index in [1.807, 2.05) is 18.2 Å². The summed E-state index contributed by atoms with van der Waals surface area (Å²) >= 11 is 6.81. The van der Waals surface area contributed by atoms with Gasteiger partial charge in [0, 0.05) is 15.4 Å². The number of benzene rings is 1. The molecule has 0 bridgehead atoms. The molecule has 0 aliphatic carbocycles. The van der Waals surface area contributed by atoms with Crippen molar-refractivity contribution in [3.63, 3.8) is 0 Å². The van der Waals surface area contributed by atoms with Crippen LogP contribution in [0.4, 0.5) is 0 Å². The number of halogens is 2. The van der Waals surface area contributed by atoms with Crippen molar-refractivity contribution in [2.45, 2.75) is 19.3 Å². The van der Waals surface area contributed by atoms with E-state index in [9.17, 15) is 4.79 Å². The fraction of sp³-hybridized carbons (Fsp3) is 0.300. The molecule has 0 aromatic heterocycles. The van der Waals surface area contributed by atoms with Crippen molar-refractivity contribution < 1.29 is 9.90 Å². The van der Waals surface area contributed by atoms with Crippen molar-refractivity contribution in [3.05, 3.63) is 32.7 Å². The van der Waals surface area contributed by atoms with Crippen LogP contribution in [0.15, 0.2) is 27.1 Å². The van der Waals surface area contributed by atoms with E-state index in [0.717, 1.165) is 20.9 Å². The van der Waals surface area contributed by atoms with Gasteiger partial charge in [0.25, 0.3) is 0 Å². The zero-order valence-electron chi connectivity index (χ0n) is 7.46. The third-order valence-corrected chi connectivity index (χ3v) is 3.11. The van der Waals surface area contributed by atoms with Crippen molar-refractivity contribution in [2.75, 3.05) is 0 Å². The lowest BCUT2D eigenvalue weighted by molar-refractivity contribution is -0.137. The SMILES string of the molecule is O=C(O)CCCc1cc(Br)ccc1Br. The van der Waals surface area contributed by atoms with Gasteiger partial charge in [0.2, 0.25) is 0 Å². The third kappa shape index (κ3) is 3.80. The van der Waals surface area contributed by atoms with Crippen LogP contribution in [0.3, 0.4) is 0 Å². The second kappa shape index (κ2) is 5.51. The highest BCUT2D eigenvalue weighted by atomic mass is 79.9. The summed E-state index contributed by atoms with van der Waals surface area (Å²) in [5.41, 5.74) is 1.14. The fourth-order valence-electron chi connectivity index (χ4n) is 1.16. The summed E-state index contributed by atoms with van der Waals surface area (Å²) in [4.78, 5) is 10.3. The second-order valence-corrected chi connectivity index (χ2v) is 4.75. The molecule has 0 aliphatic heterocycles. The molecule has 0 saturated carbocycles. The van der Waals surface area contributed by atoms with Crippen LogP contribution in [0.2, 0.25) is 0 Å². The van der Waals surface area contributed by atoms with E-state index in [4.69, 9.17) is 5.11 Å². The Labute approximate surface area is 99.6 Å². The normalized spacial score (nSPS) is 10.1. The van der Waals surface area contributed by atoms with Crippen LogP contribution in [0, 0.1) is 0 Å². The van der Waals surface area contributed by atoms with E-state index in [0.29, 0.717) is 6.42 Å². The number of aliphatic carboxylic acids is 1. The largest absolute Gasteiger partial charge is 0.481 e. The van der Waals surface area contributed by atoms with Crippen LogP contribution in [0.1, 0.15) is 18.4 Å². The Hall–Kier alpha value is -0.350. The average Bonchev–Trinajstić information content (AvgIpc) is 2.10. The molecule has 76 valence electrons. The van der Waals surface area contributed by atoms with E-state index in [1.165, 1.54) is 0 Å². The predicted molar refractivity (Wildman–Crippen MR) is 62.4 cm³/mol. The Morgan fingerprint density at radius 1 is 1.36 bits per heavy atom. The summed E-state index contributed by atoms with van der Waals surface area (Å²) < 4.78 is 2.05. The highest BCUT2D eigenvalue weighted by Crippen LogP contribution is 2.22. The molecule has 1 aromatic carbocycles. The van der Waals surface area contributed by atoms with Gasteiger partial charge in [-0.1, -0.05) is 31.9 Å². The van der Waals surface area contributed by atoms with Crippen LogP contribution in [0.25, 0.3) is 0 Å². The number of hydrogen-bond donors (Lipinski definition) is 1. The molecule has 0 amide bonds. The first-order valence-corrected chi connectivity index (χ1v) is 5.84. The van der Waals surface area contributed by atoms with Crippen LogP contribution in [-0.2, 0) is 11.2 Å². The molecule has 1 rings (SSSR count). The molecule has 0 fully saturated rings. The molecule has 4 heteroatoms. The van der Waals surface area contributed by atoms with Gasteiger partial charge in [0.05, 0.1) is 0 Å². The number of hydrogen-bond acceptors (Lipinski definition) is 1. The first-order valence-electron chi connectivity index (χ1n) is 4.25. The molecule has 14 heavy (non-hydrogen) atoms. The van der Waals surface area contributed by atoms with Crippen LogP contribution < -0.4 is 0 Å². The van der Waals surface area contributed by atoms with Gasteiger partial charge in [-0.25, -0.2) is 0 Å². The minimum absolute atomic E-state index is 0.221. The third-order valence-electron chi connectivity index (χ3n) is 1.84. The molecule has 0 aliphatic rings. The van der Waals surface area contributed by atoms with Gasteiger partial charge in [0.1, 0.15) is 0 Å². The first kappa shape index (κ1) is 11.7. The van der Waals surface area contributed by atoms with Gasteiger partial charge >= 0.3 is 5.97 Å². The second-order valence-electron chi connectivity index (χ2n) is 2.98. The van der Waals surface area contributed by atoms with E-state index in [1.54, 1.807) is 0 Å². The van der Waals surface area contributed by atoms with E-state index in [-0.39, 0.29) is 6.42 Å². The lowest BCUT2D eigenvalue weighted by atomic mass is 10.1. The van der Waals surface area contributed by atoms with Gasteiger partial charge in [-0.15, -0.1) is 0 Å². The summed E-state index contributed by atoms with van der Waals surface area (Å²) in [6.07, 6.45) is 1.68. The molecule has 2 nitrogen and oxygen atoms in total. The Kier molecular flexibility index (Phi) is 4.62. The van der Waals surface area contributed by atoms with Gasteiger partial charge in [-0.3, -0.25) is 4.79 Å². The summed E-state index contributed by atoms with van der Waals surface area (Å²) in [5.74, 6) is -0.740. The molecule has 1 N–H and O–H groups in total. The van der Waals surface area contributed by atoms with Gasteiger partial charge in [0.15, 0.2) is 0 Å². The zero-order valence-corrected chi connectivity index (χ0v) is 10.6. The number of carbonyl (C=O) groups is 1. The van der Waals surface area contributed by atoms with Crippen LogP contribution >= 0.6 is 31.9 Å². The lowest BCUT2D eigenvalue weighted by Crippen LogP contribution is -1.96. The standard InChI is InChI=1S/C10H10Br2O2/c11-8-4-5-9(12)7(6-8)2-1-3-10(13)14/h4-6H,1-3H2,(H,13,14). The number of carboxylic acids is 1. The van der Waals surface area contributed by atoms with Gasteiger partial charge in [-0.05, 0) is 36.6 Å². The minimum atomic E-state index is -0.740. The van der Waals surface area contributed by atoms with Crippen molar-refractivity contribution in [3.8, 4) is 0 Å². The van der Waals surface area contributed by atoms with E-state index >= 15 is 0 Å². The Morgan fingerprint density at radius 2 is 2.07 bits per heavy atom. The summed E-state index contributed by atoms with van der Waals surface area (Å²) in [6.45, 7) is 0. The van der Waals surface area contributed by atoms with Crippen LogP contribution in [-0.4, -0.2) is 11.1 Å². The quantitative estimate of drug-likeness (QED) is 0.919. The van der Waals surface area contributed by atoms with E-state index < -0.39 is 5.97 Å². The van der Waals surface area contributed by atoms with Gasteiger partial charge in [-0.2, -0.15) is 0 Å². The summed E-state index contributed by atoms with van der Waals surface area (Å²) in [5, 5.41) is 8.49. The van der Waals surface area contributed by atoms with Crippen molar-refractivity contribution in [1.82, 2.24) is 0 Å². The molecule has 0 saturated heterocycles. The lowest BCUT2D eigenvalue weighted by Gasteiger charge is -2.03. The van der Waals surface area contributed by atoms with Crippen molar-refractivity contribution >= 4 is 37.8 Å².